The Kier molecular flexibility index (Phi) is 6.17. The summed E-state index contributed by atoms with van der Waals surface area (Å²) in [6.45, 7) is 6.33. The van der Waals surface area contributed by atoms with Crippen LogP contribution >= 0.6 is 15.9 Å². The van der Waals surface area contributed by atoms with Crippen LogP contribution in [0.4, 0.5) is 5.69 Å². The van der Waals surface area contributed by atoms with E-state index in [1.807, 2.05) is 0 Å². The minimum Gasteiger partial charge on any atom is -0.369 e. The molecule has 0 radical (unpaired) electrons. The number of carbonyl (C=O) groups is 1. The zero-order valence-electron chi connectivity index (χ0n) is 14.4. The van der Waals surface area contributed by atoms with Crippen molar-refractivity contribution in [2.75, 3.05) is 31.1 Å². The fourth-order valence-electron chi connectivity index (χ4n) is 3.87. The first-order chi connectivity index (χ1) is 11.6. The third-order valence-electron chi connectivity index (χ3n) is 5.39. The number of anilines is 1. The van der Waals surface area contributed by atoms with Crippen molar-refractivity contribution in [2.45, 2.75) is 38.6 Å². The fraction of sp³-hybridized carbons (Fsp3) is 0.632. The van der Waals surface area contributed by atoms with E-state index < -0.39 is 0 Å². The van der Waals surface area contributed by atoms with Crippen LogP contribution in [0.5, 0.6) is 0 Å². The van der Waals surface area contributed by atoms with Crippen LogP contribution in [0.2, 0.25) is 0 Å². The van der Waals surface area contributed by atoms with Gasteiger partial charge in [-0.25, -0.2) is 0 Å². The van der Waals surface area contributed by atoms with E-state index in [0.717, 1.165) is 37.1 Å². The van der Waals surface area contributed by atoms with Crippen molar-refractivity contribution in [1.29, 1.82) is 0 Å². The van der Waals surface area contributed by atoms with E-state index in [-0.39, 0.29) is 11.9 Å². The van der Waals surface area contributed by atoms with Gasteiger partial charge in [0, 0.05) is 35.7 Å². The summed E-state index contributed by atoms with van der Waals surface area (Å²) < 4.78 is 1.10. The summed E-state index contributed by atoms with van der Waals surface area (Å²) in [6, 6.07) is 8.68. The van der Waals surface area contributed by atoms with Gasteiger partial charge in [0.25, 0.3) is 0 Å². The second-order valence-corrected chi connectivity index (χ2v) is 8.18. The van der Waals surface area contributed by atoms with Gasteiger partial charge >= 0.3 is 0 Å². The highest BCUT2D eigenvalue weighted by atomic mass is 79.9. The lowest BCUT2D eigenvalue weighted by Crippen LogP contribution is -2.40. The Morgan fingerprint density at radius 1 is 1.38 bits per heavy atom. The normalized spacial score (nSPS) is 25.5. The Hall–Kier alpha value is -1.07. The highest BCUT2D eigenvalue weighted by molar-refractivity contribution is 9.10. The van der Waals surface area contributed by atoms with E-state index >= 15 is 0 Å². The van der Waals surface area contributed by atoms with Crippen LogP contribution in [0, 0.1) is 11.8 Å². The third-order valence-corrected chi connectivity index (χ3v) is 5.92. The first kappa shape index (κ1) is 17.7. The second-order valence-electron chi connectivity index (χ2n) is 7.26. The lowest BCUT2D eigenvalue weighted by Gasteiger charge is -2.28. The summed E-state index contributed by atoms with van der Waals surface area (Å²) in [5.74, 6) is 1.32. The molecule has 3 unspecified atom stereocenters. The zero-order chi connectivity index (χ0) is 16.9. The molecule has 24 heavy (non-hydrogen) atoms. The van der Waals surface area contributed by atoms with Gasteiger partial charge in [-0.2, -0.15) is 0 Å². The zero-order valence-corrected chi connectivity index (χ0v) is 16.0. The molecule has 2 aliphatic heterocycles. The molecule has 2 saturated heterocycles. The second kappa shape index (κ2) is 8.34. The number of halogens is 1. The molecule has 1 aromatic carbocycles. The van der Waals surface area contributed by atoms with Crippen molar-refractivity contribution in [1.82, 2.24) is 10.6 Å². The standard InChI is InChI=1S/C19H28BrN3O/c1-14(15-3-2-9-21-12-15)11-19(24)22-17-8-10-23(13-17)18-6-4-16(20)5-7-18/h4-7,14-15,17,21H,2-3,8-13H2,1H3,(H,22,24). The third kappa shape index (κ3) is 4.73. The van der Waals surface area contributed by atoms with Gasteiger partial charge in [-0.3, -0.25) is 4.79 Å². The van der Waals surface area contributed by atoms with Crippen molar-refractivity contribution in [3.8, 4) is 0 Å². The van der Waals surface area contributed by atoms with Gasteiger partial charge < -0.3 is 15.5 Å². The molecule has 1 amide bonds. The smallest absolute Gasteiger partial charge is 0.220 e. The Labute approximate surface area is 153 Å². The molecule has 1 aromatic rings. The van der Waals surface area contributed by atoms with E-state index in [0.29, 0.717) is 18.3 Å². The minimum atomic E-state index is 0.218. The molecule has 4 nitrogen and oxygen atoms in total. The summed E-state index contributed by atoms with van der Waals surface area (Å²) in [7, 11) is 0. The average Bonchev–Trinajstić information content (AvgIpc) is 3.04. The van der Waals surface area contributed by atoms with Crippen LogP contribution in [0.3, 0.4) is 0 Å². The maximum Gasteiger partial charge on any atom is 0.220 e. The quantitative estimate of drug-likeness (QED) is 0.807. The molecular formula is C19H28BrN3O. The van der Waals surface area contributed by atoms with Crippen LogP contribution in [0.15, 0.2) is 28.7 Å². The average molecular weight is 394 g/mol. The number of rotatable bonds is 5. The van der Waals surface area contributed by atoms with Crippen molar-refractivity contribution < 1.29 is 4.79 Å². The Bertz CT molecular complexity index is 542. The monoisotopic (exact) mass is 393 g/mol. The number of amides is 1. The van der Waals surface area contributed by atoms with Crippen LogP contribution < -0.4 is 15.5 Å². The lowest BCUT2D eigenvalue weighted by molar-refractivity contribution is -0.122. The first-order valence-electron chi connectivity index (χ1n) is 9.12. The SMILES string of the molecule is CC(CC(=O)NC1CCN(c2ccc(Br)cc2)C1)C1CCCNC1. The molecule has 2 fully saturated rings. The molecule has 2 heterocycles. The van der Waals surface area contributed by atoms with Crippen molar-refractivity contribution in [2.24, 2.45) is 11.8 Å². The molecule has 0 aliphatic carbocycles. The molecular weight excluding hydrogens is 366 g/mol. The van der Waals surface area contributed by atoms with Gasteiger partial charge in [-0.05, 0) is 68.5 Å². The number of benzene rings is 1. The van der Waals surface area contributed by atoms with Crippen LogP contribution in [0.25, 0.3) is 0 Å². The van der Waals surface area contributed by atoms with Gasteiger partial charge in [0.1, 0.15) is 0 Å². The van der Waals surface area contributed by atoms with Gasteiger partial charge in [-0.15, -0.1) is 0 Å². The molecule has 5 heteroatoms. The maximum atomic E-state index is 12.4. The number of nitrogens with zero attached hydrogens (tertiary/aromatic N) is 1. The van der Waals surface area contributed by atoms with Gasteiger partial charge in [0.15, 0.2) is 0 Å². The maximum absolute atomic E-state index is 12.4. The molecule has 2 N–H and O–H groups in total. The van der Waals surface area contributed by atoms with Crippen LogP contribution in [-0.2, 0) is 4.79 Å². The molecule has 3 rings (SSSR count). The molecule has 0 saturated carbocycles. The molecule has 0 bridgehead atoms. The minimum absolute atomic E-state index is 0.218. The van der Waals surface area contributed by atoms with E-state index in [1.54, 1.807) is 0 Å². The van der Waals surface area contributed by atoms with E-state index in [2.05, 4.69) is 62.7 Å². The topological polar surface area (TPSA) is 44.4 Å². The van der Waals surface area contributed by atoms with Gasteiger partial charge in [0.05, 0.1) is 0 Å². The number of carbonyl (C=O) groups excluding carboxylic acids is 1. The highest BCUT2D eigenvalue weighted by Crippen LogP contribution is 2.24. The van der Waals surface area contributed by atoms with Crippen molar-refractivity contribution in [3.63, 3.8) is 0 Å². The van der Waals surface area contributed by atoms with E-state index in [4.69, 9.17) is 0 Å². The van der Waals surface area contributed by atoms with E-state index in [1.165, 1.54) is 18.5 Å². The molecule has 0 aromatic heterocycles. The largest absolute Gasteiger partial charge is 0.369 e. The summed E-state index contributed by atoms with van der Waals surface area (Å²) >= 11 is 3.47. The van der Waals surface area contributed by atoms with Crippen molar-refractivity contribution >= 4 is 27.5 Å². The first-order valence-corrected chi connectivity index (χ1v) is 9.91. The molecule has 3 atom stereocenters. The highest BCUT2D eigenvalue weighted by Gasteiger charge is 2.26. The summed E-state index contributed by atoms with van der Waals surface area (Å²) in [5.41, 5.74) is 1.23. The molecule has 2 aliphatic rings. The van der Waals surface area contributed by atoms with Crippen LogP contribution in [-0.4, -0.2) is 38.1 Å². The number of hydrogen-bond acceptors (Lipinski definition) is 3. The number of nitrogens with one attached hydrogen (secondary N) is 2. The summed E-state index contributed by atoms with van der Waals surface area (Å²) in [5, 5.41) is 6.70. The molecule has 0 spiro atoms. The lowest BCUT2D eigenvalue weighted by atomic mass is 9.85. The van der Waals surface area contributed by atoms with Crippen LogP contribution in [0.1, 0.15) is 32.6 Å². The predicted molar refractivity (Wildman–Crippen MR) is 102 cm³/mol. The number of piperidine rings is 1. The summed E-state index contributed by atoms with van der Waals surface area (Å²) in [4.78, 5) is 14.7. The van der Waals surface area contributed by atoms with Gasteiger partial charge in [0.2, 0.25) is 5.91 Å². The Balaban J connectivity index is 1.44. The van der Waals surface area contributed by atoms with Crippen molar-refractivity contribution in [3.05, 3.63) is 28.7 Å². The summed E-state index contributed by atoms with van der Waals surface area (Å²) in [6.07, 6.45) is 4.17. The number of hydrogen-bond donors (Lipinski definition) is 2. The Morgan fingerprint density at radius 2 is 2.17 bits per heavy atom. The fourth-order valence-corrected chi connectivity index (χ4v) is 4.14. The molecule has 132 valence electrons. The Morgan fingerprint density at radius 3 is 2.88 bits per heavy atom. The van der Waals surface area contributed by atoms with E-state index in [9.17, 15) is 4.79 Å². The predicted octanol–water partition coefficient (Wildman–Crippen LogP) is 3.17. The van der Waals surface area contributed by atoms with Gasteiger partial charge in [-0.1, -0.05) is 22.9 Å².